The van der Waals surface area contributed by atoms with E-state index >= 15 is 0 Å². The quantitative estimate of drug-likeness (QED) is 0.220. The standard InChI is InChI=1S/C28H22F3IN2O2/c29-28(30,31)22-12-10-21(11-13-22)25-16-26(20-6-2-1-3-7-20)34(33(25)17-19-14-15-36-18-19)27(35)23-8-4-5-9-24(23)32/h1-15,18,25-26H,16-17H2/t25-,26-/m0/s1. The van der Waals surface area contributed by atoms with Gasteiger partial charge < -0.3 is 4.42 Å². The molecule has 36 heavy (non-hydrogen) atoms. The van der Waals surface area contributed by atoms with Crippen LogP contribution in [-0.4, -0.2) is 15.9 Å². The third-order valence-corrected chi connectivity index (χ3v) is 7.36. The molecule has 5 rings (SSSR count). The van der Waals surface area contributed by atoms with E-state index in [9.17, 15) is 18.0 Å². The molecular weight excluding hydrogens is 580 g/mol. The van der Waals surface area contributed by atoms with Gasteiger partial charge in [-0.05, 0) is 70.5 Å². The van der Waals surface area contributed by atoms with Gasteiger partial charge in [0.2, 0.25) is 0 Å². The molecule has 0 radical (unpaired) electrons. The van der Waals surface area contributed by atoms with Crippen LogP contribution in [0.5, 0.6) is 0 Å². The van der Waals surface area contributed by atoms with Gasteiger partial charge in [-0.2, -0.15) is 13.2 Å². The molecule has 2 heterocycles. The van der Waals surface area contributed by atoms with Crippen LogP contribution in [0.4, 0.5) is 13.2 Å². The first-order chi connectivity index (χ1) is 17.3. The minimum Gasteiger partial charge on any atom is -0.472 e. The second-order valence-electron chi connectivity index (χ2n) is 8.66. The first kappa shape index (κ1) is 24.6. The summed E-state index contributed by atoms with van der Waals surface area (Å²) in [6, 6.07) is 23.6. The summed E-state index contributed by atoms with van der Waals surface area (Å²) in [4.78, 5) is 14.1. The molecule has 0 saturated carbocycles. The highest BCUT2D eigenvalue weighted by Crippen LogP contribution is 2.46. The maximum absolute atomic E-state index is 14.1. The average molecular weight is 602 g/mol. The van der Waals surface area contributed by atoms with Crippen molar-refractivity contribution in [1.82, 2.24) is 10.0 Å². The monoisotopic (exact) mass is 602 g/mol. The van der Waals surface area contributed by atoms with Crippen LogP contribution in [0.1, 0.15) is 51.1 Å². The van der Waals surface area contributed by atoms with Gasteiger partial charge in [0.15, 0.2) is 0 Å². The molecule has 1 saturated heterocycles. The van der Waals surface area contributed by atoms with Gasteiger partial charge in [-0.3, -0.25) is 9.80 Å². The van der Waals surface area contributed by atoms with Crippen molar-refractivity contribution in [3.8, 4) is 0 Å². The summed E-state index contributed by atoms with van der Waals surface area (Å²) in [6.07, 6.45) is -0.695. The number of hydrogen-bond donors (Lipinski definition) is 0. The summed E-state index contributed by atoms with van der Waals surface area (Å²) < 4.78 is 45.8. The summed E-state index contributed by atoms with van der Waals surface area (Å²) >= 11 is 2.15. The maximum atomic E-state index is 14.1. The summed E-state index contributed by atoms with van der Waals surface area (Å²) in [6.45, 7) is 0.362. The van der Waals surface area contributed by atoms with E-state index in [0.717, 1.165) is 26.8 Å². The summed E-state index contributed by atoms with van der Waals surface area (Å²) in [5.74, 6) is -0.160. The van der Waals surface area contributed by atoms with Crippen molar-refractivity contribution in [3.05, 3.63) is 129 Å². The smallest absolute Gasteiger partial charge is 0.416 e. The molecule has 1 amide bonds. The van der Waals surface area contributed by atoms with Crippen LogP contribution in [-0.2, 0) is 12.7 Å². The fourth-order valence-electron chi connectivity index (χ4n) is 4.69. The largest absolute Gasteiger partial charge is 0.472 e. The number of nitrogens with zero attached hydrogens (tertiary/aromatic N) is 2. The van der Waals surface area contributed by atoms with Crippen molar-refractivity contribution < 1.29 is 22.4 Å². The lowest BCUT2D eigenvalue weighted by Crippen LogP contribution is -2.43. The molecule has 0 N–H and O–H groups in total. The Labute approximate surface area is 220 Å². The van der Waals surface area contributed by atoms with E-state index in [0.29, 0.717) is 24.1 Å². The van der Waals surface area contributed by atoms with Crippen molar-refractivity contribution in [2.75, 3.05) is 0 Å². The van der Waals surface area contributed by atoms with Gasteiger partial charge in [-0.25, -0.2) is 5.01 Å². The van der Waals surface area contributed by atoms with E-state index < -0.39 is 11.7 Å². The van der Waals surface area contributed by atoms with Crippen molar-refractivity contribution in [2.24, 2.45) is 0 Å². The van der Waals surface area contributed by atoms with E-state index in [1.807, 2.05) is 59.6 Å². The third-order valence-electron chi connectivity index (χ3n) is 6.42. The maximum Gasteiger partial charge on any atom is 0.416 e. The van der Waals surface area contributed by atoms with Gasteiger partial charge >= 0.3 is 6.18 Å². The van der Waals surface area contributed by atoms with E-state index in [1.165, 1.54) is 12.1 Å². The minimum absolute atomic E-state index is 0.160. The third kappa shape index (κ3) is 4.92. The van der Waals surface area contributed by atoms with Crippen LogP contribution in [0, 0.1) is 3.57 Å². The predicted octanol–water partition coefficient (Wildman–Crippen LogP) is 7.65. The SMILES string of the molecule is O=C(c1ccccc1I)N1[C@H](c2ccccc2)C[C@@H](c2ccc(C(F)(F)F)cc2)N1Cc1ccoc1. The first-order valence-electron chi connectivity index (χ1n) is 11.4. The van der Waals surface area contributed by atoms with Crippen molar-refractivity contribution >= 4 is 28.5 Å². The second-order valence-corrected chi connectivity index (χ2v) is 9.82. The molecule has 184 valence electrons. The van der Waals surface area contributed by atoms with Crippen LogP contribution >= 0.6 is 22.6 Å². The van der Waals surface area contributed by atoms with Crippen molar-refractivity contribution in [3.63, 3.8) is 0 Å². The second kappa shape index (κ2) is 10.1. The number of carbonyl (C=O) groups excluding carboxylic acids is 1. The molecule has 0 bridgehead atoms. The lowest BCUT2D eigenvalue weighted by molar-refractivity contribution is -0.137. The molecule has 0 unspecified atom stereocenters. The minimum atomic E-state index is -4.41. The van der Waals surface area contributed by atoms with Crippen molar-refractivity contribution in [1.29, 1.82) is 0 Å². The molecule has 4 nitrogen and oxygen atoms in total. The zero-order valence-electron chi connectivity index (χ0n) is 19.0. The lowest BCUT2D eigenvalue weighted by atomic mass is 9.96. The zero-order valence-corrected chi connectivity index (χ0v) is 21.2. The molecule has 0 spiro atoms. The molecule has 3 aromatic carbocycles. The number of furan rings is 1. The number of halogens is 4. The molecule has 0 aliphatic carbocycles. The Morgan fingerprint density at radius 3 is 2.19 bits per heavy atom. The number of rotatable bonds is 5. The number of carbonyl (C=O) groups is 1. The van der Waals surface area contributed by atoms with Crippen LogP contribution in [0.3, 0.4) is 0 Å². The van der Waals surface area contributed by atoms with E-state index in [1.54, 1.807) is 23.6 Å². The van der Waals surface area contributed by atoms with Crippen LogP contribution in [0.2, 0.25) is 0 Å². The average Bonchev–Trinajstić information content (AvgIpc) is 3.52. The Hall–Kier alpha value is -3.11. The fraction of sp³-hybridized carbons (Fsp3) is 0.179. The van der Waals surface area contributed by atoms with E-state index in [-0.39, 0.29) is 18.0 Å². The van der Waals surface area contributed by atoms with Crippen LogP contribution in [0.25, 0.3) is 0 Å². The van der Waals surface area contributed by atoms with E-state index in [4.69, 9.17) is 4.42 Å². The van der Waals surface area contributed by atoms with E-state index in [2.05, 4.69) is 22.6 Å². The van der Waals surface area contributed by atoms with Crippen molar-refractivity contribution in [2.45, 2.75) is 31.2 Å². The predicted molar refractivity (Wildman–Crippen MR) is 138 cm³/mol. The Bertz CT molecular complexity index is 1330. The Morgan fingerprint density at radius 2 is 1.56 bits per heavy atom. The van der Waals surface area contributed by atoms with Gasteiger partial charge in [-0.15, -0.1) is 0 Å². The van der Waals surface area contributed by atoms with Crippen LogP contribution in [0.15, 0.2) is 102 Å². The molecule has 4 aromatic rings. The number of amides is 1. The number of hydrazine groups is 1. The van der Waals surface area contributed by atoms with Gasteiger partial charge in [-0.1, -0.05) is 54.6 Å². The number of hydrogen-bond acceptors (Lipinski definition) is 3. The lowest BCUT2D eigenvalue weighted by Gasteiger charge is -2.35. The molecule has 1 aromatic heterocycles. The Morgan fingerprint density at radius 1 is 0.889 bits per heavy atom. The molecule has 8 heteroatoms. The highest BCUT2D eigenvalue weighted by molar-refractivity contribution is 14.1. The number of benzene rings is 3. The Kier molecular flexibility index (Phi) is 6.90. The van der Waals surface area contributed by atoms with Gasteiger partial charge in [0, 0.05) is 15.7 Å². The molecule has 1 aliphatic heterocycles. The molecular formula is C28H22F3IN2O2. The highest BCUT2D eigenvalue weighted by Gasteiger charge is 2.44. The number of alkyl halides is 3. The van der Waals surface area contributed by atoms with Gasteiger partial charge in [0.05, 0.1) is 35.7 Å². The zero-order chi connectivity index (χ0) is 25.3. The summed E-state index contributed by atoms with van der Waals surface area (Å²) in [5.41, 5.74) is 2.41. The highest BCUT2D eigenvalue weighted by atomic mass is 127. The molecule has 1 fully saturated rings. The summed E-state index contributed by atoms with van der Waals surface area (Å²) in [5, 5.41) is 3.72. The molecule has 2 atom stereocenters. The molecule has 1 aliphatic rings. The van der Waals surface area contributed by atoms with Gasteiger partial charge in [0.1, 0.15) is 0 Å². The topological polar surface area (TPSA) is 36.7 Å². The fourth-order valence-corrected chi connectivity index (χ4v) is 5.31. The summed E-state index contributed by atoms with van der Waals surface area (Å²) in [7, 11) is 0. The van der Waals surface area contributed by atoms with Gasteiger partial charge in [0.25, 0.3) is 5.91 Å². The first-order valence-corrected chi connectivity index (χ1v) is 12.5. The normalized spacial score (nSPS) is 18.5. The van der Waals surface area contributed by atoms with Crippen LogP contribution < -0.4 is 0 Å². The Balaban J connectivity index is 1.61.